The van der Waals surface area contributed by atoms with Crippen LogP contribution in [0.5, 0.6) is 0 Å². The van der Waals surface area contributed by atoms with Crippen LogP contribution in [-0.2, 0) is 6.42 Å². The van der Waals surface area contributed by atoms with Gasteiger partial charge in [0.15, 0.2) is 0 Å². The molecule has 1 aromatic heterocycles. The largest absolute Gasteiger partial charge is 0.393 e. The molecule has 118 valence electrons. The van der Waals surface area contributed by atoms with E-state index in [1.54, 1.807) is 0 Å². The lowest BCUT2D eigenvalue weighted by Crippen LogP contribution is -2.32. The van der Waals surface area contributed by atoms with Crippen LogP contribution in [0.25, 0.3) is 0 Å². The molecule has 0 bridgehead atoms. The van der Waals surface area contributed by atoms with E-state index in [0.717, 1.165) is 47.7 Å². The SMILES string of the molecule is Cc1nc(CC(C)C)sc1C(=O)NCC1CCCC(O)C1. The zero-order valence-corrected chi connectivity index (χ0v) is 14.0. The number of carbonyl (C=O) groups excluding carboxylic acids is 1. The van der Waals surface area contributed by atoms with Crippen LogP contribution in [-0.4, -0.2) is 28.6 Å². The predicted molar refractivity (Wildman–Crippen MR) is 85.7 cm³/mol. The van der Waals surface area contributed by atoms with Crippen LogP contribution in [0.3, 0.4) is 0 Å². The van der Waals surface area contributed by atoms with Crippen LogP contribution in [0.2, 0.25) is 0 Å². The minimum atomic E-state index is -0.191. The summed E-state index contributed by atoms with van der Waals surface area (Å²) >= 11 is 1.51. The van der Waals surface area contributed by atoms with Gasteiger partial charge in [-0.05, 0) is 38.0 Å². The van der Waals surface area contributed by atoms with Gasteiger partial charge >= 0.3 is 0 Å². The molecule has 2 rings (SSSR count). The van der Waals surface area contributed by atoms with Crippen LogP contribution in [0.15, 0.2) is 0 Å². The molecule has 1 aromatic rings. The number of aromatic nitrogens is 1. The van der Waals surface area contributed by atoms with Crippen molar-refractivity contribution in [1.82, 2.24) is 10.3 Å². The Balaban J connectivity index is 1.89. The van der Waals surface area contributed by atoms with Gasteiger partial charge in [-0.15, -0.1) is 11.3 Å². The second-order valence-electron chi connectivity index (χ2n) is 6.52. The van der Waals surface area contributed by atoms with E-state index in [9.17, 15) is 9.90 Å². The van der Waals surface area contributed by atoms with Gasteiger partial charge in [-0.1, -0.05) is 20.3 Å². The Morgan fingerprint density at radius 1 is 1.48 bits per heavy atom. The molecule has 0 aliphatic heterocycles. The van der Waals surface area contributed by atoms with Gasteiger partial charge in [-0.2, -0.15) is 0 Å². The van der Waals surface area contributed by atoms with Crippen molar-refractivity contribution >= 4 is 17.2 Å². The smallest absolute Gasteiger partial charge is 0.263 e. The molecule has 1 fully saturated rings. The second-order valence-corrected chi connectivity index (χ2v) is 7.60. The number of nitrogens with one attached hydrogen (secondary N) is 1. The molecule has 2 unspecified atom stereocenters. The third-order valence-electron chi connectivity index (χ3n) is 3.94. The van der Waals surface area contributed by atoms with Crippen LogP contribution >= 0.6 is 11.3 Å². The number of aliphatic hydroxyl groups is 1. The Morgan fingerprint density at radius 3 is 2.90 bits per heavy atom. The van der Waals surface area contributed by atoms with E-state index in [1.807, 2.05) is 6.92 Å². The van der Waals surface area contributed by atoms with Crippen molar-refractivity contribution in [2.75, 3.05) is 6.54 Å². The average Bonchev–Trinajstić information content (AvgIpc) is 2.76. The van der Waals surface area contributed by atoms with E-state index in [1.165, 1.54) is 11.3 Å². The number of hydrogen-bond acceptors (Lipinski definition) is 4. The molecule has 4 nitrogen and oxygen atoms in total. The summed E-state index contributed by atoms with van der Waals surface area (Å²) in [5.74, 6) is 0.941. The van der Waals surface area contributed by atoms with E-state index in [0.29, 0.717) is 18.4 Å². The maximum Gasteiger partial charge on any atom is 0.263 e. The number of rotatable bonds is 5. The first-order chi connectivity index (χ1) is 9.95. The minimum absolute atomic E-state index is 0.0138. The van der Waals surface area contributed by atoms with Crippen molar-refractivity contribution in [3.05, 3.63) is 15.6 Å². The van der Waals surface area contributed by atoms with Gasteiger partial charge in [-0.25, -0.2) is 4.98 Å². The quantitative estimate of drug-likeness (QED) is 0.879. The van der Waals surface area contributed by atoms with Crippen molar-refractivity contribution in [3.8, 4) is 0 Å². The van der Waals surface area contributed by atoms with Crippen molar-refractivity contribution in [2.24, 2.45) is 11.8 Å². The topological polar surface area (TPSA) is 62.2 Å². The predicted octanol–water partition coefficient (Wildman–Crippen LogP) is 2.93. The number of carbonyl (C=O) groups is 1. The van der Waals surface area contributed by atoms with Crippen molar-refractivity contribution in [1.29, 1.82) is 0 Å². The third kappa shape index (κ3) is 4.78. The van der Waals surface area contributed by atoms with E-state index in [-0.39, 0.29) is 12.0 Å². The number of hydrogen-bond donors (Lipinski definition) is 2. The number of aliphatic hydroxyl groups excluding tert-OH is 1. The van der Waals surface area contributed by atoms with Crippen LogP contribution in [0.4, 0.5) is 0 Å². The number of nitrogens with zero attached hydrogens (tertiary/aromatic N) is 1. The van der Waals surface area contributed by atoms with E-state index in [4.69, 9.17) is 0 Å². The lowest BCUT2D eigenvalue weighted by molar-refractivity contribution is 0.0876. The molecule has 2 atom stereocenters. The average molecular weight is 310 g/mol. The van der Waals surface area contributed by atoms with E-state index >= 15 is 0 Å². The first-order valence-corrected chi connectivity index (χ1v) is 8.70. The van der Waals surface area contributed by atoms with Crippen molar-refractivity contribution in [3.63, 3.8) is 0 Å². The van der Waals surface area contributed by atoms with Crippen LogP contribution < -0.4 is 5.32 Å². The molecule has 5 heteroatoms. The number of thiazole rings is 1. The summed E-state index contributed by atoms with van der Waals surface area (Å²) in [5.41, 5.74) is 0.830. The molecule has 21 heavy (non-hydrogen) atoms. The molecule has 1 saturated carbocycles. The summed E-state index contributed by atoms with van der Waals surface area (Å²) in [7, 11) is 0. The third-order valence-corrected chi connectivity index (χ3v) is 5.11. The number of amides is 1. The van der Waals surface area contributed by atoms with Gasteiger partial charge in [0, 0.05) is 13.0 Å². The molecule has 1 aliphatic carbocycles. The summed E-state index contributed by atoms with van der Waals surface area (Å²) in [5, 5.41) is 13.7. The van der Waals surface area contributed by atoms with Gasteiger partial charge in [0.2, 0.25) is 0 Å². The molecular formula is C16H26N2O2S. The Hall–Kier alpha value is -0.940. The normalized spacial score (nSPS) is 22.5. The van der Waals surface area contributed by atoms with Crippen molar-refractivity contribution < 1.29 is 9.90 Å². The maximum absolute atomic E-state index is 12.3. The minimum Gasteiger partial charge on any atom is -0.393 e. The lowest BCUT2D eigenvalue weighted by Gasteiger charge is -2.25. The van der Waals surface area contributed by atoms with Gasteiger partial charge in [0.25, 0.3) is 5.91 Å². The van der Waals surface area contributed by atoms with Crippen LogP contribution in [0, 0.1) is 18.8 Å². The molecule has 2 N–H and O–H groups in total. The van der Waals surface area contributed by atoms with Gasteiger partial charge in [-0.3, -0.25) is 4.79 Å². The lowest BCUT2D eigenvalue weighted by atomic mass is 9.87. The fourth-order valence-corrected chi connectivity index (χ4v) is 4.06. The first kappa shape index (κ1) is 16.4. The molecule has 0 aromatic carbocycles. The zero-order valence-electron chi connectivity index (χ0n) is 13.2. The Morgan fingerprint density at radius 2 is 2.24 bits per heavy atom. The second kappa shape index (κ2) is 7.36. The van der Waals surface area contributed by atoms with Gasteiger partial charge in [0.05, 0.1) is 16.8 Å². The molecule has 1 amide bonds. The summed E-state index contributed by atoms with van der Waals surface area (Å²) in [4.78, 5) is 17.5. The Bertz CT molecular complexity index is 485. The Kier molecular flexibility index (Phi) is 5.76. The summed E-state index contributed by atoms with van der Waals surface area (Å²) in [6.07, 6.45) is 4.59. The van der Waals surface area contributed by atoms with E-state index in [2.05, 4.69) is 24.1 Å². The molecule has 1 aliphatic rings. The number of aryl methyl sites for hydroxylation is 1. The highest BCUT2D eigenvalue weighted by Gasteiger charge is 2.22. The first-order valence-electron chi connectivity index (χ1n) is 7.88. The van der Waals surface area contributed by atoms with E-state index < -0.39 is 0 Å². The summed E-state index contributed by atoms with van der Waals surface area (Å²) in [6.45, 7) is 6.88. The highest BCUT2D eigenvalue weighted by Crippen LogP contribution is 2.24. The van der Waals surface area contributed by atoms with Crippen molar-refractivity contribution in [2.45, 2.75) is 59.0 Å². The standard InChI is InChI=1S/C16H26N2O2S/c1-10(2)7-14-18-11(3)15(21-14)16(20)17-9-12-5-4-6-13(19)8-12/h10,12-13,19H,4-9H2,1-3H3,(H,17,20). The zero-order chi connectivity index (χ0) is 15.4. The monoisotopic (exact) mass is 310 g/mol. The van der Waals surface area contributed by atoms with Gasteiger partial charge in [0.1, 0.15) is 4.88 Å². The highest BCUT2D eigenvalue weighted by atomic mass is 32.1. The highest BCUT2D eigenvalue weighted by molar-refractivity contribution is 7.13. The van der Waals surface area contributed by atoms with Crippen LogP contribution in [0.1, 0.15) is 59.9 Å². The molecule has 0 radical (unpaired) electrons. The molecule has 0 spiro atoms. The summed E-state index contributed by atoms with van der Waals surface area (Å²) in [6, 6.07) is 0. The summed E-state index contributed by atoms with van der Waals surface area (Å²) < 4.78 is 0. The van der Waals surface area contributed by atoms with Gasteiger partial charge < -0.3 is 10.4 Å². The maximum atomic E-state index is 12.3. The fraction of sp³-hybridized carbons (Fsp3) is 0.750. The molecular weight excluding hydrogens is 284 g/mol. The molecule has 1 heterocycles. The molecule has 0 saturated heterocycles. The Labute approximate surface area is 131 Å². The fourth-order valence-electron chi connectivity index (χ4n) is 2.86.